The fraction of sp³-hybridized carbons (Fsp3) is 0.0926. The lowest BCUT2D eigenvalue weighted by Crippen LogP contribution is -2.24. The van der Waals surface area contributed by atoms with Gasteiger partial charge in [0.2, 0.25) is 0 Å². The molecule has 0 N–H and O–H groups in total. The van der Waals surface area contributed by atoms with Gasteiger partial charge in [0.05, 0.1) is 22.8 Å². The van der Waals surface area contributed by atoms with Gasteiger partial charge in [-0.3, -0.25) is 4.98 Å². The molecule has 0 atom stereocenters. The number of hydrogen-bond acceptors (Lipinski definition) is 6. The predicted octanol–water partition coefficient (Wildman–Crippen LogP) is 16.0. The number of rotatable bonds is 7. The number of hydrogen-bond donors (Lipinski definition) is 0. The van der Waals surface area contributed by atoms with Crippen molar-refractivity contribution in [2.24, 2.45) is 0 Å². The van der Waals surface area contributed by atoms with E-state index in [1.54, 1.807) is 22.7 Å². The minimum Gasteiger partial charge on any atom is -0.447 e. The van der Waals surface area contributed by atoms with Crippen LogP contribution in [0, 0.1) is 0 Å². The topological polar surface area (TPSA) is 28.6 Å². The molecule has 0 saturated heterocycles. The molecule has 4 heterocycles. The van der Waals surface area contributed by atoms with E-state index in [2.05, 4.69) is 206 Å². The molecule has 0 radical (unpaired) electrons. The summed E-state index contributed by atoms with van der Waals surface area (Å²) in [5.74, 6) is 0.795. The number of benzene rings is 7. The van der Waals surface area contributed by atoms with Crippen LogP contribution >= 0.6 is 22.7 Å². The highest BCUT2D eigenvalue weighted by atomic mass is 32.1. The van der Waals surface area contributed by atoms with Crippen molar-refractivity contribution in [2.45, 2.75) is 26.2 Å². The van der Waals surface area contributed by atoms with Crippen LogP contribution in [0.5, 0.6) is 10.8 Å². The summed E-state index contributed by atoms with van der Waals surface area (Å²) in [6.07, 6.45) is 1.96. The van der Waals surface area contributed by atoms with E-state index in [0.717, 1.165) is 44.5 Å². The Balaban J connectivity index is 0.988. The summed E-state index contributed by atoms with van der Waals surface area (Å²) in [7, 11) is 0. The largest absolute Gasteiger partial charge is 0.447 e. The van der Waals surface area contributed by atoms with Crippen molar-refractivity contribution in [3.63, 3.8) is 0 Å². The zero-order chi connectivity index (χ0) is 40.4. The van der Waals surface area contributed by atoms with E-state index in [9.17, 15) is 0 Å². The first kappa shape index (κ1) is 36.4. The number of fused-ring (bicyclic) bond motifs is 4. The maximum absolute atomic E-state index is 6.83. The molecule has 1 aliphatic heterocycles. The van der Waals surface area contributed by atoms with E-state index in [1.165, 1.54) is 59.1 Å². The first-order valence-electron chi connectivity index (χ1n) is 20.4. The number of anilines is 4. The third-order valence-electron chi connectivity index (χ3n) is 11.6. The van der Waals surface area contributed by atoms with E-state index >= 15 is 0 Å². The average Bonchev–Trinajstić information content (AvgIpc) is 4.02. The Labute approximate surface area is 358 Å². The molecule has 4 nitrogen and oxygen atoms in total. The molecule has 0 amide bonds. The fourth-order valence-electron chi connectivity index (χ4n) is 8.69. The number of ether oxygens (including phenoxy) is 1. The predicted molar refractivity (Wildman–Crippen MR) is 256 cm³/mol. The van der Waals surface area contributed by atoms with Gasteiger partial charge in [0.1, 0.15) is 12.4 Å². The fourth-order valence-corrected chi connectivity index (χ4v) is 10.5. The molecule has 0 fully saturated rings. The smallest absolute Gasteiger partial charge is 0.182 e. The Morgan fingerprint density at radius 2 is 1.28 bits per heavy atom. The minimum atomic E-state index is -0.00130. The highest BCUT2D eigenvalue weighted by molar-refractivity contribution is 7.21. The standard InChI is InChI=1S/C54H41N3OS2/c1-54(2,3)39-24-26-55-46(30-39)52-44-32-49-37(25-27-59-49)28-38(44)29-50-45(52)33-51(60-50)58-41-19-12-18-40(31-41)56-34-57(48-23-11-10-22-47(48)56)53-42(35-14-6-4-7-15-35)20-13-21-43(53)36-16-8-5-9-17-36/h4-33H,34H2,1-3H3. The van der Waals surface area contributed by atoms with Crippen molar-refractivity contribution in [1.82, 2.24) is 4.98 Å². The van der Waals surface area contributed by atoms with Crippen LogP contribution in [0.2, 0.25) is 0 Å². The quantitative estimate of drug-likeness (QED) is 0.160. The van der Waals surface area contributed by atoms with E-state index in [1.807, 2.05) is 6.20 Å². The van der Waals surface area contributed by atoms with E-state index in [0.29, 0.717) is 6.67 Å². The molecule has 0 saturated carbocycles. The van der Waals surface area contributed by atoms with Gasteiger partial charge in [-0.2, -0.15) is 0 Å². The Kier molecular flexibility index (Phi) is 8.80. The molecule has 0 spiro atoms. The Hall–Kier alpha value is -6.73. The van der Waals surface area contributed by atoms with Crippen molar-refractivity contribution >= 4 is 76.4 Å². The third kappa shape index (κ3) is 6.40. The first-order chi connectivity index (χ1) is 29.4. The molecule has 60 heavy (non-hydrogen) atoms. The lowest BCUT2D eigenvalue weighted by atomic mass is 9.86. The number of para-hydroxylation sites is 3. The Bertz CT molecular complexity index is 3160. The monoisotopic (exact) mass is 811 g/mol. The van der Waals surface area contributed by atoms with Crippen molar-refractivity contribution in [2.75, 3.05) is 16.5 Å². The summed E-state index contributed by atoms with van der Waals surface area (Å²) in [6, 6.07) is 61.2. The molecule has 0 unspecified atom stereocenters. The molecule has 6 heteroatoms. The number of nitrogens with zero attached hydrogens (tertiary/aromatic N) is 3. The number of pyridine rings is 1. The van der Waals surface area contributed by atoms with Gasteiger partial charge in [0.15, 0.2) is 5.06 Å². The van der Waals surface area contributed by atoms with E-state index in [4.69, 9.17) is 9.72 Å². The normalized spacial score (nSPS) is 12.8. The van der Waals surface area contributed by atoms with Gasteiger partial charge in [-0.25, -0.2) is 0 Å². The molecule has 7 aromatic carbocycles. The summed E-state index contributed by atoms with van der Waals surface area (Å²) in [4.78, 5) is 9.86. The van der Waals surface area contributed by atoms with E-state index in [-0.39, 0.29) is 5.41 Å². The van der Waals surface area contributed by atoms with Crippen LogP contribution in [0.4, 0.5) is 22.7 Å². The molecule has 3 aromatic heterocycles. The zero-order valence-electron chi connectivity index (χ0n) is 33.6. The van der Waals surface area contributed by atoms with Crippen LogP contribution in [-0.2, 0) is 5.41 Å². The van der Waals surface area contributed by atoms with Gasteiger partial charge < -0.3 is 14.5 Å². The van der Waals surface area contributed by atoms with Crippen LogP contribution < -0.4 is 14.5 Å². The van der Waals surface area contributed by atoms with Crippen molar-refractivity contribution in [3.05, 3.63) is 187 Å². The highest BCUT2D eigenvalue weighted by Gasteiger charge is 2.31. The van der Waals surface area contributed by atoms with Crippen LogP contribution in [0.3, 0.4) is 0 Å². The van der Waals surface area contributed by atoms with Crippen molar-refractivity contribution in [1.29, 1.82) is 0 Å². The zero-order valence-corrected chi connectivity index (χ0v) is 35.2. The molecule has 11 rings (SSSR count). The van der Waals surface area contributed by atoms with E-state index < -0.39 is 0 Å². The van der Waals surface area contributed by atoms with Crippen LogP contribution in [0.15, 0.2) is 181 Å². The second kappa shape index (κ2) is 14.5. The minimum absolute atomic E-state index is 0.00130. The van der Waals surface area contributed by atoms with Crippen LogP contribution in [0.25, 0.3) is 64.5 Å². The van der Waals surface area contributed by atoms with Gasteiger partial charge in [-0.05, 0) is 104 Å². The molecule has 0 bridgehead atoms. The van der Waals surface area contributed by atoms with Crippen molar-refractivity contribution in [3.8, 4) is 44.3 Å². The summed E-state index contributed by atoms with van der Waals surface area (Å²) < 4.78 is 9.29. The molecular weight excluding hydrogens is 771 g/mol. The molecule has 290 valence electrons. The Morgan fingerprint density at radius 1 is 0.583 bits per heavy atom. The number of aromatic nitrogens is 1. The van der Waals surface area contributed by atoms with Gasteiger partial charge in [0, 0.05) is 55.5 Å². The molecule has 10 aromatic rings. The van der Waals surface area contributed by atoms with Gasteiger partial charge in [-0.15, -0.1) is 11.3 Å². The summed E-state index contributed by atoms with van der Waals surface area (Å²) in [6.45, 7) is 7.42. The lowest BCUT2D eigenvalue weighted by molar-refractivity contribution is 0.497. The third-order valence-corrected chi connectivity index (χ3v) is 13.5. The maximum atomic E-state index is 6.83. The highest BCUT2D eigenvalue weighted by Crippen LogP contribution is 2.51. The van der Waals surface area contributed by atoms with Crippen molar-refractivity contribution < 1.29 is 4.74 Å². The SMILES string of the molecule is CC(C)(C)c1ccnc(-c2c3cc4sccc4cc3cc3sc(Oc4cccc(N5CN(c6c(-c7ccccc7)cccc6-c6ccccc6)c6ccccc65)c4)cc23)c1. The first-order valence-corrected chi connectivity index (χ1v) is 22.1. The van der Waals surface area contributed by atoms with Crippen LogP contribution in [0.1, 0.15) is 26.3 Å². The lowest BCUT2D eigenvalue weighted by Gasteiger charge is -2.27. The summed E-state index contributed by atoms with van der Waals surface area (Å²) in [5, 5.41) is 7.87. The number of thiophene rings is 2. The molecule has 0 aliphatic carbocycles. The summed E-state index contributed by atoms with van der Waals surface area (Å²) in [5.41, 5.74) is 12.7. The summed E-state index contributed by atoms with van der Waals surface area (Å²) >= 11 is 3.47. The Morgan fingerprint density at radius 3 is 2.02 bits per heavy atom. The van der Waals surface area contributed by atoms with Gasteiger partial charge in [-0.1, -0.05) is 129 Å². The van der Waals surface area contributed by atoms with Gasteiger partial charge in [0.25, 0.3) is 0 Å². The average molecular weight is 812 g/mol. The molecular formula is C54H41N3OS2. The van der Waals surface area contributed by atoms with Gasteiger partial charge >= 0.3 is 0 Å². The second-order valence-electron chi connectivity index (χ2n) is 16.5. The van der Waals surface area contributed by atoms with Crippen LogP contribution in [-0.4, -0.2) is 11.7 Å². The maximum Gasteiger partial charge on any atom is 0.182 e. The molecule has 1 aliphatic rings. The second-order valence-corrected chi connectivity index (χ2v) is 18.5.